The summed E-state index contributed by atoms with van der Waals surface area (Å²) in [6.45, 7) is 10.8. The molecule has 2 heterocycles. The van der Waals surface area contributed by atoms with Gasteiger partial charge in [-0.15, -0.1) is 24.0 Å². The van der Waals surface area contributed by atoms with Gasteiger partial charge in [0, 0.05) is 44.8 Å². The molecule has 1 aromatic carbocycles. The summed E-state index contributed by atoms with van der Waals surface area (Å²) in [6, 6.07) is 3.98. The smallest absolute Gasteiger partial charge is 0.191 e. The van der Waals surface area contributed by atoms with E-state index in [2.05, 4.69) is 29.4 Å². The highest BCUT2D eigenvalue weighted by molar-refractivity contribution is 14.0. The van der Waals surface area contributed by atoms with Crippen LogP contribution < -0.4 is 15.5 Å². The molecular weight excluding hydrogens is 487 g/mol. The lowest BCUT2D eigenvalue weighted by molar-refractivity contribution is 0.326. The molecule has 0 aliphatic carbocycles. The number of likely N-dealkylation sites (tertiary alicyclic amines) is 1. The Balaban J connectivity index is 0.00000300. The predicted octanol–water partition coefficient (Wildman–Crippen LogP) is 3.45. The lowest BCUT2D eigenvalue weighted by Crippen LogP contribution is -2.45. The van der Waals surface area contributed by atoms with E-state index in [9.17, 15) is 8.78 Å². The molecule has 2 aliphatic rings. The van der Waals surface area contributed by atoms with Crippen molar-refractivity contribution in [2.75, 3.05) is 50.7 Å². The Bertz CT molecular complexity index is 672. The van der Waals surface area contributed by atoms with Gasteiger partial charge in [-0.3, -0.25) is 4.99 Å². The molecule has 2 atom stereocenters. The first-order chi connectivity index (χ1) is 13.6. The maximum Gasteiger partial charge on any atom is 0.191 e. The molecule has 2 unspecified atom stereocenters. The lowest BCUT2D eigenvalue weighted by atomic mass is 10.1. The Hall–Kier alpha value is -1.16. The van der Waals surface area contributed by atoms with Gasteiger partial charge in [0.05, 0.1) is 5.69 Å². The molecule has 5 nitrogen and oxygen atoms in total. The number of nitrogens with one attached hydrogen (secondary N) is 2. The Morgan fingerprint density at radius 2 is 2.00 bits per heavy atom. The number of hydrogen-bond donors (Lipinski definition) is 2. The van der Waals surface area contributed by atoms with Crippen LogP contribution in [0.3, 0.4) is 0 Å². The van der Waals surface area contributed by atoms with Gasteiger partial charge in [-0.25, -0.2) is 8.78 Å². The molecule has 0 amide bonds. The number of nitrogens with zero attached hydrogens (tertiary/aromatic N) is 3. The number of benzene rings is 1. The lowest BCUT2D eigenvalue weighted by Gasteiger charge is -2.21. The second-order valence-electron chi connectivity index (χ2n) is 7.85. The van der Waals surface area contributed by atoms with Crippen LogP contribution >= 0.6 is 24.0 Å². The highest BCUT2D eigenvalue weighted by Gasteiger charge is 2.26. The van der Waals surface area contributed by atoms with Gasteiger partial charge in [0.15, 0.2) is 5.96 Å². The molecular formula is C21H34F2IN5. The maximum atomic E-state index is 14.1. The number of hydrogen-bond acceptors (Lipinski definition) is 3. The van der Waals surface area contributed by atoms with E-state index in [0.717, 1.165) is 44.6 Å². The van der Waals surface area contributed by atoms with Crippen molar-refractivity contribution in [3.63, 3.8) is 0 Å². The van der Waals surface area contributed by atoms with Crippen LogP contribution in [0.5, 0.6) is 0 Å². The fraction of sp³-hybridized carbons (Fsp3) is 0.667. The van der Waals surface area contributed by atoms with Gasteiger partial charge < -0.3 is 20.4 Å². The number of rotatable bonds is 7. The van der Waals surface area contributed by atoms with Crippen molar-refractivity contribution in [1.82, 2.24) is 15.5 Å². The van der Waals surface area contributed by atoms with E-state index < -0.39 is 11.6 Å². The van der Waals surface area contributed by atoms with Crippen molar-refractivity contribution in [2.45, 2.75) is 39.2 Å². The van der Waals surface area contributed by atoms with Crippen molar-refractivity contribution in [1.29, 1.82) is 0 Å². The highest BCUT2D eigenvalue weighted by Crippen LogP contribution is 2.24. The third-order valence-electron chi connectivity index (χ3n) is 5.54. The van der Waals surface area contributed by atoms with Crippen molar-refractivity contribution >= 4 is 35.6 Å². The summed E-state index contributed by atoms with van der Waals surface area (Å²) in [6.07, 6.45) is 3.31. The number of aliphatic imine (C=N–C) groups is 1. The van der Waals surface area contributed by atoms with E-state index in [1.165, 1.54) is 38.1 Å². The average molecular weight is 521 g/mol. The third-order valence-corrected chi connectivity index (χ3v) is 5.54. The topological polar surface area (TPSA) is 42.9 Å². The minimum atomic E-state index is -0.541. The second kappa shape index (κ2) is 11.9. The van der Waals surface area contributed by atoms with Gasteiger partial charge in [-0.05, 0) is 57.3 Å². The third kappa shape index (κ3) is 6.94. The molecule has 0 saturated carbocycles. The number of guanidine groups is 1. The van der Waals surface area contributed by atoms with Crippen LogP contribution in [0.25, 0.3) is 0 Å². The molecule has 0 radical (unpaired) electrons. The van der Waals surface area contributed by atoms with E-state index in [4.69, 9.17) is 4.99 Å². The van der Waals surface area contributed by atoms with E-state index in [0.29, 0.717) is 18.2 Å². The van der Waals surface area contributed by atoms with Gasteiger partial charge >= 0.3 is 0 Å². The summed E-state index contributed by atoms with van der Waals surface area (Å²) in [5.41, 5.74) is 0.467. The molecule has 3 rings (SSSR count). The SMILES string of the molecule is CCCN1CCC(CN=C(NCC)NC2CCN(c3ccc(F)cc3F)C2)C1.I. The number of anilines is 1. The van der Waals surface area contributed by atoms with Crippen LogP contribution in [0.1, 0.15) is 33.1 Å². The van der Waals surface area contributed by atoms with Crippen molar-refractivity contribution in [3.05, 3.63) is 29.8 Å². The molecule has 2 fully saturated rings. The Morgan fingerprint density at radius 1 is 1.17 bits per heavy atom. The largest absolute Gasteiger partial charge is 0.367 e. The minimum absolute atomic E-state index is 0. The summed E-state index contributed by atoms with van der Waals surface area (Å²) in [4.78, 5) is 9.29. The Labute approximate surface area is 190 Å². The van der Waals surface area contributed by atoms with E-state index in [1.807, 2.05) is 4.90 Å². The Morgan fingerprint density at radius 3 is 2.72 bits per heavy atom. The van der Waals surface area contributed by atoms with Crippen LogP contribution in [0.15, 0.2) is 23.2 Å². The zero-order chi connectivity index (χ0) is 19.9. The van der Waals surface area contributed by atoms with Gasteiger partial charge in [0.1, 0.15) is 11.6 Å². The van der Waals surface area contributed by atoms with Gasteiger partial charge in [0.25, 0.3) is 0 Å². The monoisotopic (exact) mass is 521 g/mol. The zero-order valence-corrected chi connectivity index (χ0v) is 19.8. The molecule has 29 heavy (non-hydrogen) atoms. The minimum Gasteiger partial charge on any atom is -0.367 e. The van der Waals surface area contributed by atoms with E-state index >= 15 is 0 Å². The quantitative estimate of drug-likeness (QED) is 0.328. The van der Waals surface area contributed by atoms with Crippen molar-refractivity contribution < 1.29 is 8.78 Å². The fourth-order valence-corrected chi connectivity index (χ4v) is 4.15. The summed E-state index contributed by atoms with van der Waals surface area (Å²) >= 11 is 0. The maximum absolute atomic E-state index is 14.1. The molecule has 2 saturated heterocycles. The first-order valence-electron chi connectivity index (χ1n) is 10.6. The molecule has 0 spiro atoms. The molecule has 2 aliphatic heterocycles. The van der Waals surface area contributed by atoms with Gasteiger partial charge in [0.2, 0.25) is 0 Å². The second-order valence-corrected chi connectivity index (χ2v) is 7.85. The van der Waals surface area contributed by atoms with Crippen molar-refractivity contribution in [2.24, 2.45) is 10.9 Å². The molecule has 8 heteroatoms. The molecule has 164 valence electrons. The zero-order valence-electron chi connectivity index (χ0n) is 17.5. The molecule has 2 N–H and O–H groups in total. The molecule has 1 aromatic rings. The predicted molar refractivity (Wildman–Crippen MR) is 126 cm³/mol. The molecule has 0 bridgehead atoms. The highest BCUT2D eigenvalue weighted by atomic mass is 127. The summed E-state index contributed by atoms with van der Waals surface area (Å²) < 4.78 is 27.2. The van der Waals surface area contributed by atoms with Crippen LogP contribution in [0, 0.1) is 17.6 Å². The van der Waals surface area contributed by atoms with Crippen LogP contribution in [0.2, 0.25) is 0 Å². The standard InChI is InChI=1S/C21H33F2N5.HI/c1-3-9-27-10-7-16(14-27)13-25-21(24-4-2)26-18-8-11-28(15-18)20-6-5-17(22)12-19(20)23;/h5-6,12,16,18H,3-4,7-11,13-15H2,1-2H3,(H2,24,25,26);1H. The van der Waals surface area contributed by atoms with Crippen LogP contribution in [-0.4, -0.2) is 62.7 Å². The first-order valence-corrected chi connectivity index (χ1v) is 10.6. The van der Waals surface area contributed by atoms with Gasteiger partial charge in [-0.2, -0.15) is 0 Å². The summed E-state index contributed by atoms with van der Waals surface area (Å²) in [7, 11) is 0. The first kappa shape index (κ1) is 24.1. The van der Waals surface area contributed by atoms with E-state index in [1.54, 1.807) is 0 Å². The normalized spacial score (nSPS) is 22.6. The van der Waals surface area contributed by atoms with Crippen LogP contribution in [0.4, 0.5) is 14.5 Å². The van der Waals surface area contributed by atoms with Crippen LogP contribution in [-0.2, 0) is 0 Å². The average Bonchev–Trinajstić information content (AvgIpc) is 3.30. The summed E-state index contributed by atoms with van der Waals surface area (Å²) in [5, 5.41) is 6.82. The summed E-state index contributed by atoms with van der Waals surface area (Å²) in [5.74, 6) is 0.415. The Kier molecular flexibility index (Phi) is 9.88. The van der Waals surface area contributed by atoms with Gasteiger partial charge in [-0.1, -0.05) is 6.92 Å². The van der Waals surface area contributed by atoms with E-state index in [-0.39, 0.29) is 30.0 Å². The fourth-order valence-electron chi connectivity index (χ4n) is 4.15. The van der Waals surface area contributed by atoms with Crippen molar-refractivity contribution in [3.8, 4) is 0 Å². The number of halogens is 3. The molecule has 0 aromatic heterocycles.